The molecule has 1 N–H and O–H groups in total. The molecular weight excluding hydrogens is 300 g/mol. The highest BCUT2D eigenvalue weighted by atomic mass is 16.1. The highest BCUT2D eigenvalue weighted by Gasteiger charge is 2.15. The fourth-order valence-electron chi connectivity index (χ4n) is 3.33. The van der Waals surface area contributed by atoms with Gasteiger partial charge in [-0.05, 0) is 63.5 Å². The zero-order chi connectivity index (χ0) is 16.8. The number of likely N-dealkylation sites (tertiary alicyclic amines) is 1. The molecule has 1 unspecified atom stereocenters. The number of hydrogen-bond acceptors (Lipinski definition) is 3. The molecule has 2 aromatic rings. The largest absolute Gasteiger partial charge is 0.350 e. The van der Waals surface area contributed by atoms with Gasteiger partial charge in [0.2, 0.25) is 5.91 Å². The van der Waals surface area contributed by atoms with Crippen molar-refractivity contribution in [1.29, 1.82) is 0 Å². The van der Waals surface area contributed by atoms with Gasteiger partial charge in [-0.15, -0.1) is 0 Å². The standard InChI is InChI=1S/C19H26N4O/c1-16(21-19(24)10-6-14-22-12-4-5-13-22)17-8-2-3-9-18(17)23-15-7-11-20-23/h2-3,7-9,11,15-16H,4-6,10,12-14H2,1H3,(H,21,24). The SMILES string of the molecule is CC(NC(=O)CCCN1CCCC1)c1ccccc1-n1cccn1. The molecule has 1 aromatic heterocycles. The van der Waals surface area contributed by atoms with Gasteiger partial charge in [-0.1, -0.05) is 18.2 Å². The first kappa shape index (κ1) is 16.7. The topological polar surface area (TPSA) is 50.2 Å². The van der Waals surface area contributed by atoms with Crippen LogP contribution in [0.1, 0.15) is 44.2 Å². The number of benzene rings is 1. The van der Waals surface area contributed by atoms with Crippen molar-refractivity contribution < 1.29 is 4.79 Å². The first-order valence-corrected chi connectivity index (χ1v) is 8.85. The maximum Gasteiger partial charge on any atom is 0.220 e. The van der Waals surface area contributed by atoms with Crippen LogP contribution in [0.4, 0.5) is 0 Å². The minimum Gasteiger partial charge on any atom is -0.350 e. The van der Waals surface area contributed by atoms with E-state index in [4.69, 9.17) is 0 Å². The van der Waals surface area contributed by atoms with Crippen LogP contribution in [0, 0.1) is 0 Å². The first-order chi connectivity index (χ1) is 11.7. The van der Waals surface area contributed by atoms with Crippen LogP contribution >= 0.6 is 0 Å². The van der Waals surface area contributed by atoms with Gasteiger partial charge < -0.3 is 10.2 Å². The van der Waals surface area contributed by atoms with Crippen LogP contribution < -0.4 is 5.32 Å². The molecule has 1 amide bonds. The number of nitrogens with zero attached hydrogens (tertiary/aromatic N) is 3. The third-order valence-electron chi connectivity index (χ3n) is 4.61. The summed E-state index contributed by atoms with van der Waals surface area (Å²) in [4.78, 5) is 14.7. The lowest BCUT2D eigenvalue weighted by Crippen LogP contribution is -2.28. The second kappa shape index (κ2) is 8.11. The van der Waals surface area contributed by atoms with E-state index in [1.165, 1.54) is 25.9 Å². The molecule has 1 saturated heterocycles. The maximum atomic E-state index is 12.2. The van der Waals surface area contributed by atoms with E-state index in [9.17, 15) is 4.79 Å². The summed E-state index contributed by atoms with van der Waals surface area (Å²) in [6.07, 6.45) is 7.80. The summed E-state index contributed by atoms with van der Waals surface area (Å²) in [7, 11) is 0. The van der Waals surface area contributed by atoms with Crippen molar-refractivity contribution in [3.8, 4) is 5.69 Å². The Morgan fingerprint density at radius 3 is 2.79 bits per heavy atom. The van der Waals surface area contributed by atoms with Crippen molar-refractivity contribution in [1.82, 2.24) is 20.0 Å². The van der Waals surface area contributed by atoms with Crippen LogP contribution in [0.15, 0.2) is 42.7 Å². The van der Waals surface area contributed by atoms with E-state index in [2.05, 4.69) is 15.3 Å². The molecule has 128 valence electrons. The summed E-state index contributed by atoms with van der Waals surface area (Å²) in [5.74, 6) is 0.122. The molecule has 0 radical (unpaired) electrons. The van der Waals surface area contributed by atoms with Crippen LogP contribution in [-0.2, 0) is 4.79 Å². The fourth-order valence-corrected chi connectivity index (χ4v) is 3.33. The number of nitrogens with one attached hydrogen (secondary N) is 1. The third kappa shape index (κ3) is 4.23. The summed E-state index contributed by atoms with van der Waals surface area (Å²) in [5.41, 5.74) is 2.08. The van der Waals surface area contributed by atoms with Crippen LogP contribution in [0.2, 0.25) is 0 Å². The van der Waals surface area contributed by atoms with E-state index in [0.29, 0.717) is 6.42 Å². The zero-order valence-electron chi connectivity index (χ0n) is 14.3. The molecule has 3 rings (SSSR count). The molecule has 1 fully saturated rings. The molecule has 0 bridgehead atoms. The minimum absolute atomic E-state index is 0.0373. The van der Waals surface area contributed by atoms with E-state index >= 15 is 0 Å². The molecule has 1 aliphatic heterocycles. The summed E-state index contributed by atoms with van der Waals surface area (Å²) >= 11 is 0. The lowest BCUT2D eigenvalue weighted by molar-refractivity contribution is -0.121. The molecular formula is C19H26N4O. The molecule has 2 heterocycles. The number of hydrogen-bond donors (Lipinski definition) is 1. The predicted octanol–water partition coefficient (Wildman–Crippen LogP) is 2.93. The molecule has 1 aliphatic rings. The second-order valence-corrected chi connectivity index (χ2v) is 6.45. The summed E-state index contributed by atoms with van der Waals surface area (Å²) < 4.78 is 1.84. The van der Waals surface area contributed by atoms with Crippen molar-refractivity contribution in [3.63, 3.8) is 0 Å². The monoisotopic (exact) mass is 326 g/mol. The Morgan fingerprint density at radius 2 is 2.04 bits per heavy atom. The molecule has 0 saturated carbocycles. The zero-order valence-corrected chi connectivity index (χ0v) is 14.3. The van der Waals surface area contributed by atoms with E-state index in [1.807, 2.05) is 48.1 Å². The van der Waals surface area contributed by atoms with Gasteiger partial charge in [0, 0.05) is 18.8 Å². The Morgan fingerprint density at radius 1 is 1.25 bits per heavy atom. The molecule has 24 heavy (non-hydrogen) atoms. The Labute approximate surface area is 143 Å². The predicted molar refractivity (Wildman–Crippen MR) is 95.0 cm³/mol. The Balaban J connectivity index is 1.54. The number of carbonyl (C=O) groups is 1. The average molecular weight is 326 g/mol. The van der Waals surface area contributed by atoms with Crippen LogP contribution in [-0.4, -0.2) is 40.2 Å². The fraction of sp³-hybridized carbons (Fsp3) is 0.474. The minimum atomic E-state index is -0.0373. The van der Waals surface area contributed by atoms with Gasteiger partial charge in [-0.3, -0.25) is 4.79 Å². The van der Waals surface area contributed by atoms with Gasteiger partial charge in [-0.25, -0.2) is 4.68 Å². The van der Waals surface area contributed by atoms with Crippen molar-refractivity contribution >= 4 is 5.91 Å². The lowest BCUT2D eigenvalue weighted by atomic mass is 10.1. The molecule has 1 aromatic carbocycles. The van der Waals surface area contributed by atoms with Gasteiger partial charge in [0.25, 0.3) is 0 Å². The van der Waals surface area contributed by atoms with Gasteiger partial charge in [0.05, 0.1) is 11.7 Å². The van der Waals surface area contributed by atoms with Gasteiger partial charge >= 0.3 is 0 Å². The van der Waals surface area contributed by atoms with Crippen molar-refractivity contribution in [2.24, 2.45) is 0 Å². The molecule has 0 spiro atoms. The normalized spacial score (nSPS) is 16.2. The van der Waals surface area contributed by atoms with E-state index < -0.39 is 0 Å². The van der Waals surface area contributed by atoms with Gasteiger partial charge in [-0.2, -0.15) is 5.10 Å². The maximum absolute atomic E-state index is 12.2. The van der Waals surface area contributed by atoms with Crippen LogP contribution in [0.5, 0.6) is 0 Å². The number of amides is 1. The van der Waals surface area contributed by atoms with Gasteiger partial charge in [0.1, 0.15) is 0 Å². The third-order valence-corrected chi connectivity index (χ3v) is 4.61. The highest BCUT2D eigenvalue weighted by Crippen LogP contribution is 2.21. The number of aromatic nitrogens is 2. The van der Waals surface area contributed by atoms with E-state index in [1.54, 1.807) is 6.20 Å². The molecule has 1 atom stereocenters. The van der Waals surface area contributed by atoms with Gasteiger partial charge in [0.15, 0.2) is 0 Å². The van der Waals surface area contributed by atoms with Crippen molar-refractivity contribution in [2.45, 2.75) is 38.6 Å². The second-order valence-electron chi connectivity index (χ2n) is 6.45. The van der Waals surface area contributed by atoms with Crippen molar-refractivity contribution in [2.75, 3.05) is 19.6 Å². The number of rotatable bonds is 7. The smallest absolute Gasteiger partial charge is 0.220 e. The van der Waals surface area contributed by atoms with Crippen LogP contribution in [0.3, 0.4) is 0 Å². The summed E-state index contributed by atoms with van der Waals surface area (Å²) in [6.45, 7) is 5.44. The Bertz CT molecular complexity index is 647. The molecule has 5 heteroatoms. The number of para-hydroxylation sites is 1. The van der Waals surface area contributed by atoms with Crippen LogP contribution in [0.25, 0.3) is 5.69 Å². The Kier molecular flexibility index (Phi) is 5.64. The highest BCUT2D eigenvalue weighted by molar-refractivity contribution is 5.76. The molecule has 0 aliphatic carbocycles. The average Bonchev–Trinajstić information content (AvgIpc) is 3.28. The lowest BCUT2D eigenvalue weighted by Gasteiger charge is -2.19. The van der Waals surface area contributed by atoms with E-state index in [0.717, 1.165) is 24.2 Å². The summed E-state index contributed by atoms with van der Waals surface area (Å²) in [6, 6.07) is 9.93. The number of carbonyl (C=O) groups excluding carboxylic acids is 1. The molecule has 5 nitrogen and oxygen atoms in total. The quantitative estimate of drug-likeness (QED) is 0.851. The first-order valence-electron chi connectivity index (χ1n) is 8.85. The van der Waals surface area contributed by atoms with E-state index in [-0.39, 0.29) is 11.9 Å². The van der Waals surface area contributed by atoms with Crippen molar-refractivity contribution in [3.05, 3.63) is 48.3 Å². The summed E-state index contributed by atoms with van der Waals surface area (Å²) in [5, 5.41) is 7.43. The Hall–Kier alpha value is -2.14.